The van der Waals surface area contributed by atoms with Gasteiger partial charge in [-0.15, -0.1) is 0 Å². The number of hydrogen-bond donors (Lipinski definition) is 2. The second kappa shape index (κ2) is 13.2. The van der Waals surface area contributed by atoms with Crippen molar-refractivity contribution in [2.24, 2.45) is 0 Å². The molecule has 234 valence electrons. The van der Waals surface area contributed by atoms with E-state index in [9.17, 15) is 18.0 Å². The van der Waals surface area contributed by atoms with Crippen LogP contribution >= 0.6 is 11.6 Å². The largest absolute Gasteiger partial charge is 0.494 e. The molecule has 3 aromatic rings. The fourth-order valence-corrected chi connectivity index (χ4v) is 6.17. The van der Waals surface area contributed by atoms with Crippen LogP contribution in [0, 0.1) is 0 Å². The van der Waals surface area contributed by atoms with E-state index in [4.69, 9.17) is 21.1 Å². The van der Waals surface area contributed by atoms with Gasteiger partial charge in [0.05, 0.1) is 48.0 Å². The smallest absolute Gasteiger partial charge is 0.325 e. The number of methoxy groups -OCH3 is 1. The maximum atomic E-state index is 13.2. The summed E-state index contributed by atoms with van der Waals surface area (Å²) in [6, 6.07) is 11.5. The first kappa shape index (κ1) is 31.3. The first-order valence-corrected chi connectivity index (χ1v) is 16.0. The van der Waals surface area contributed by atoms with Crippen LogP contribution < -0.4 is 20.3 Å². The zero-order valence-corrected chi connectivity index (χ0v) is 26.2. The number of carbonyl (C=O) groups is 2. The zero-order chi connectivity index (χ0) is 31.4. The van der Waals surface area contributed by atoms with Gasteiger partial charge in [-0.05, 0) is 38.1 Å². The molecule has 0 spiro atoms. The van der Waals surface area contributed by atoms with Gasteiger partial charge in [0.1, 0.15) is 17.3 Å². The second-order valence-electron chi connectivity index (χ2n) is 10.5. The quantitative estimate of drug-likeness (QED) is 0.333. The van der Waals surface area contributed by atoms with E-state index in [0.717, 1.165) is 0 Å². The summed E-state index contributed by atoms with van der Waals surface area (Å²) in [4.78, 5) is 39.6. The fraction of sp³-hybridized carbons (Fsp3) is 0.379. The predicted octanol–water partition coefficient (Wildman–Crippen LogP) is 3.91. The van der Waals surface area contributed by atoms with Crippen molar-refractivity contribution >= 4 is 62.2 Å². The summed E-state index contributed by atoms with van der Waals surface area (Å²) >= 11 is 6.37. The first-order valence-electron chi connectivity index (χ1n) is 14.1. The van der Waals surface area contributed by atoms with Crippen LogP contribution in [0.1, 0.15) is 13.8 Å². The van der Waals surface area contributed by atoms with Crippen LogP contribution in [-0.2, 0) is 19.4 Å². The number of hydrogen-bond acceptors (Lipinski definition) is 10. The van der Waals surface area contributed by atoms with E-state index < -0.39 is 15.1 Å². The monoisotopic (exact) mass is 643 g/mol. The second-order valence-corrected chi connectivity index (χ2v) is 13.3. The van der Waals surface area contributed by atoms with Crippen molar-refractivity contribution in [1.82, 2.24) is 19.8 Å². The van der Waals surface area contributed by atoms with Gasteiger partial charge in [0.25, 0.3) is 0 Å². The van der Waals surface area contributed by atoms with Crippen LogP contribution in [0.5, 0.6) is 5.75 Å². The first-order chi connectivity index (χ1) is 21.1. The Labute approximate surface area is 261 Å². The van der Waals surface area contributed by atoms with Crippen molar-refractivity contribution in [3.8, 4) is 5.75 Å². The van der Waals surface area contributed by atoms with Gasteiger partial charge in [-0.3, -0.25) is 9.69 Å². The van der Waals surface area contributed by atoms with Crippen molar-refractivity contribution < 1.29 is 27.5 Å². The molecule has 13 nitrogen and oxygen atoms in total. The minimum Gasteiger partial charge on any atom is -0.494 e. The van der Waals surface area contributed by atoms with Gasteiger partial charge in [0.15, 0.2) is 15.7 Å². The van der Waals surface area contributed by atoms with E-state index in [1.807, 2.05) is 0 Å². The van der Waals surface area contributed by atoms with E-state index in [0.29, 0.717) is 62.2 Å². The lowest BCUT2D eigenvalue weighted by Gasteiger charge is -2.28. The fourth-order valence-electron chi connectivity index (χ4n) is 4.83. The van der Waals surface area contributed by atoms with Gasteiger partial charge in [0, 0.05) is 37.9 Å². The third-order valence-electron chi connectivity index (χ3n) is 7.34. The summed E-state index contributed by atoms with van der Waals surface area (Å²) in [5.74, 6) is 0.722. The Bertz CT molecular complexity index is 1650. The van der Waals surface area contributed by atoms with Crippen molar-refractivity contribution in [1.29, 1.82) is 0 Å². The Morgan fingerprint density at radius 3 is 2.55 bits per heavy atom. The van der Waals surface area contributed by atoms with Crippen LogP contribution in [0.2, 0.25) is 5.02 Å². The van der Waals surface area contributed by atoms with Crippen LogP contribution in [0.25, 0.3) is 0 Å². The number of rotatable bonds is 10. The summed E-state index contributed by atoms with van der Waals surface area (Å²) in [7, 11) is -2.07. The van der Waals surface area contributed by atoms with Gasteiger partial charge in [0.2, 0.25) is 11.9 Å². The number of amides is 3. The molecule has 3 heterocycles. The number of ether oxygens (including phenoxy) is 2. The molecule has 44 heavy (non-hydrogen) atoms. The average Bonchev–Trinajstić information content (AvgIpc) is 3.38. The van der Waals surface area contributed by atoms with Crippen LogP contribution in [0.15, 0.2) is 53.6 Å². The molecule has 0 unspecified atom stereocenters. The van der Waals surface area contributed by atoms with Crippen molar-refractivity contribution in [3.05, 3.63) is 53.7 Å². The van der Waals surface area contributed by atoms with E-state index in [1.54, 1.807) is 60.0 Å². The highest BCUT2D eigenvalue weighted by atomic mass is 35.5. The molecule has 2 fully saturated rings. The molecule has 0 bridgehead atoms. The van der Waals surface area contributed by atoms with Crippen LogP contribution in [0.4, 0.5) is 33.6 Å². The Kier molecular flexibility index (Phi) is 9.42. The lowest BCUT2D eigenvalue weighted by atomic mass is 10.2. The maximum absolute atomic E-state index is 13.2. The lowest BCUT2D eigenvalue weighted by molar-refractivity contribution is -0.135. The number of anilines is 5. The van der Waals surface area contributed by atoms with Crippen molar-refractivity contribution in [2.75, 3.05) is 68.6 Å². The normalized spacial score (nSPS) is 15.6. The molecule has 0 aliphatic carbocycles. The molecule has 0 atom stereocenters. The highest BCUT2D eigenvalue weighted by molar-refractivity contribution is 7.92. The Hall–Kier alpha value is -4.14. The highest BCUT2D eigenvalue weighted by Gasteiger charge is 2.33. The van der Waals surface area contributed by atoms with Gasteiger partial charge >= 0.3 is 6.03 Å². The third kappa shape index (κ3) is 6.66. The number of carbonyl (C=O) groups excluding carboxylic acids is 2. The maximum Gasteiger partial charge on any atom is 0.325 e. The number of halogens is 1. The van der Waals surface area contributed by atoms with Crippen LogP contribution in [-0.4, -0.2) is 98.4 Å². The third-order valence-corrected chi connectivity index (χ3v) is 9.83. The average molecular weight is 644 g/mol. The van der Waals surface area contributed by atoms with E-state index in [2.05, 4.69) is 20.6 Å². The number of sulfone groups is 1. The number of para-hydroxylation sites is 1. The summed E-state index contributed by atoms with van der Waals surface area (Å²) in [5, 5.41) is 5.71. The molecule has 2 saturated heterocycles. The SMILES string of the molecule is COc1cc(N2CCN(CC(=O)N3CCOCC3)C2=O)ccc1Nc1ncc(Cl)c(Nc2ccccc2S(=O)(=O)C(C)C)n1. The van der Waals surface area contributed by atoms with E-state index in [1.165, 1.54) is 24.3 Å². The molecule has 0 saturated carbocycles. The highest BCUT2D eigenvalue weighted by Crippen LogP contribution is 2.34. The van der Waals surface area contributed by atoms with Crippen molar-refractivity contribution in [3.63, 3.8) is 0 Å². The van der Waals surface area contributed by atoms with Crippen LogP contribution in [0.3, 0.4) is 0 Å². The summed E-state index contributed by atoms with van der Waals surface area (Å²) in [6.45, 7) is 6.16. The standard InChI is InChI=1S/C29H34ClN7O6S/c1-19(2)44(40,41)25-7-5-4-6-23(25)32-27-21(30)17-31-28(34-27)33-22-9-8-20(16-24(22)42-3)37-11-10-36(29(37)39)18-26(38)35-12-14-43-15-13-35/h4-9,16-17,19H,10-15,18H2,1-3H3,(H2,31,32,33,34). The number of benzene rings is 2. The molecule has 3 amide bonds. The number of nitrogens with one attached hydrogen (secondary N) is 2. The molecule has 1 aromatic heterocycles. The number of nitrogens with zero attached hydrogens (tertiary/aromatic N) is 5. The number of urea groups is 1. The molecular formula is C29H34ClN7O6S. The van der Waals surface area contributed by atoms with Gasteiger partial charge in [-0.25, -0.2) is 18.2 Å². The Morgan fingerprint density at radius 2 is 1.82 bits per heavy atom. The molecule has 2 aromatic carbocycles. The Balaban J connectivity index is 1.31. The van der Waals surface area contributed by atoms with Crippen molar-refractivity contribution in [2.45, 2.75) is 24.0 Å². The minimum atomic E-state index is -3.57. The molecule has 15 heteroatoms. The van der Waals surface area contributed by atoms with Gasteiger partial charge in [-0.2, -0.15) is 4.98 Å². The molecule has 2 N–H and O–H groups in total. The van der Waals surface area contributed by atoms with Gasteiger partial charge < -0.3 is 29.9 Å². The van der Waals surface area contributed by atoms with Gasteiger partial charge in [-0.1, -0.05) is 23.7 Å². The zero-order valence-electron chi connectivity index (χ0n) is 24.6. The molecule has 0 radical (unpaired) electrons. The van der Waals surface area contributed by atoms with E-state index >= 15 is 0 Å². The molecule has 2 aliphatic rings. The molecule has 5 rings (SSSR count). The summed E-state index contributed by atoms with van der Waals surface area (Å²) < 4.78 is 36.7. The summed E-state index contributed by atoms with van der Waals surface area (Å²) in [6.07, 6.45) is 1.40. The predicted molar refractivity (Wildman–Crippen MR) is 167 cm³/mol. The molecule has 2 aliphatic heterocycles. The minimum absolute atomic E-state index is 0.0181. The Morgan fingerprint density at radius 1 is 1.07 bits per heavy atom. The van der Waals surface area contributed by atoms with E-state index in [-0.39, 0.29) is 40.2 Å². The summed E-state index contributed by atoms with van der Waals surface area (Å²) in [5.41, 5.74) is 1.48. The molecular weight excluding hydrogens is 610 g/mol. The topological polar surface area (TPSA) is 146 Å². The number of morpholine rings is 1. The number of aromatic nitrogens is 2. The lowest BCUT2D eigenvalue weighted by Crippen LogP contribution is -2.46.